The van der Waals surface area contributed by atoms with Crippen LogP contribution in [0.2, 0.25) is 0 Å². The lowest BCUT2D eigenvalue weighted by atomic mass is 10.0. The van der Waals surface area contributed by atoms with E-state index in [9.17, 15) is 5.11 Å². The normalized spacial score (nSPS) is 13.5. The molecule has 0 aromatic carbocycles. The van der Waals surface area contributed by atoms with Crippen LogP contribution in [0.4, 0.5) is 0 Å². The number of hydrogen-bond acceptors (Lipinski definition) is 2. The summed E-state index contributed by atoms with van der Waals surface area (Å²) in [4.78, 5) is 4.62. The molecule has 2 rings (SSSR count). The molecule has 0 aliphatic heterocycles. The van der Waals surface area contributed by atoms with Gasteiger partial charge in [0.05, 0.1) is 17.5 Å². The zero-order chi connectivity index (χ0) is 12.6. The molecule has 17 heavy (non-hydrogen) atoms. The third-order valence-corrected chi connectivity index (χ3v) is 3.40. The monoisotopic (exact) mass is 296 g/mol. The van der Waals surface area contributed by atoms with Crippen LogP contribution in [0.5, 0.6) is 0 Å². The first-order chi connectivity index (χ1) is 8.04. The van der Waals surface area contributed by atoms with Crippen LogP contribution in [0.15, 0.2) is 22.8 Å². The highest BCUT2D eigenvalue weighted by Crippen LogP contribution is 2.28. The van der Waals surface area contributed by atoms with E-state index in [0.717, 1.165) is 21.5 Å². The first-order valence-electron chi connectivity index (χ1n) is 5.90. The SMILES string of the molecule is CCC(O)c1c(C(C)C)nc2cc(Br)ccn12. The van der Waals surface area contributed by atoms with Crippen molar-refractivity contribution in [2.75, 3.05) is 0 Å². The zero-order valence-corrected chi connectivity index (χ0v) is 11.9. The quantitative estimate of drug-likeness (QED) is 0.938. The molecule has 1 atom stereocenters. The molecule has 0 aliphatic rings. The molecule has 0 saturated heterocycles. The van der Waals surface area contributed by atoms with Gasteiger partial charge in [0.25, 0.3) is 0 Å². The van der Waals surface area contributed by atoms with Crippen LogP contribution in [-0.2, 0) is 0 Å². The number of aliphatic hydroxyl groups is 1. The van der Waals surface area contributed by atoms with Crippen LogP contribution < -0.4 is 0 Å². The number of rotatable bonds is 3. The maximum Gasteiger partial charge on any atom is 0.138 e. The van der Waals surface area contributed by atoms with Crippen LogP contribution in [-0.4, -0.2) is 14.5 Å². The fourth-order valence-corrected chi connectivity index (χ4v) is 2.33. The lowest BCUT2D eigenvalue weighted by Gasteiger charge is -2.12. The Kier molecular flexibility index (Phi) is 3.54. The molecule has 3 nitrogen and oxygen atoms in total. The van der Waals surface area contributed by atoms with Gasteiger partial charge in [-0.2, -0.15) is 0 Å². The second kappa shape index (κ2) is 4.78. The van der Waals surface area contributed by atoms with Gasteiger partial charge in [-0.05, 0) is 24.5 Å². The Balaban J connectivity index is 2.71. The summed E-state index contributed by atoms with van der Waals surface area (Å²) in [5.74, 6) is 0.310. The molecule has 4 heteroatoms. The summed E-state index contributed by atoms with van der Waals surface area (Å²) < 4.78 is 2.98. The molecule has 0 radical (unpaired) electrons. The van der Waals surface area contributed by atoms with Crippen LogP contribution >= 0.6 is 15.9 Å². The summed E-state index contributed by atoms with van der Waals surface area (Å²) in [6.45, 7) is 6.18. The minimum atomic E-state index is -0.455. The Hall–Kier alpha value is -0.870. The van der Waals surface area contributed by atoms with Gasteiger partial charge in [-0.15, -0.1) is 0 Å². The third kappa shape index (κ3) is 2.24. The first kappa shape index (κ1) is 12.6. The maximum absolute atomic E-state index is 10.1. The number of hydrogen-bond donors (Lipinski definition) is 1. The summed E-state index contributed by atoms with van der Waals surface area (Å²) in [7, 11) is 0. The van der Waals surface area contributed by atoms with E-state index in [4.69, 9.17) is 0 Å². The van der Waals surface area contributed by atoms with Crippen LogP contribution in [0.25, 0.3) is 5.65 Å². The highest BCUT2D eigenvalue weighted by molar-refractivity contribution is 9.10. The lowest BCUT2D eigenvalue weighted by molar-refractivity contribution is 0.166. The molecule has 0 amide bonds. The van der Waals surface area contributed by atoms with Crippen LogP contribution in [0, 0.1) is 0 Å². The van der Waals surface area contributed by atoms with Crippen LogP contribution in [0.1, 0.15) is 50.6 Å². The van der Waals surface area contributed by atoms with Crippen molar-refractivity contribution in [2.24, 2.45) is 0 Å². The van der Waals surface area contributed by atoms with Gasteiger partial charge in [0.15, 0.2) is 0 Å². The van der Waals surface area contributed by atoms with Gasteiger partial charge >= 0.3 is 0 Å². The Labute approximate surface area is 110 Å². The molecule has 0 fully saturated rings. The molecule has 1 unspecified atom stereocenters. The standard InChI is InChI=1S/C13H17BrN2O/c1-4-10(17)13-12(8(2)3)15-11-7-9(14)5-6-16(11)13/h5-8,10,17H,4H2,1-3H3. The van der Waals surface area contributed by atoms with Crippen molar-refractivity contribution in [2.45, 2.75) is 39.2 Å². The van der Waals surface area contributed by atoms with E-state index in [1.54, 1.807) is 0 Å². The molecule has 2 heterocycles. The van der Waals surface area contributed by atoms with Crippen molar-refractivity contribution in [3.05, 3.63) is 34.2 Å². The Morgan fingerprint density at radius 3 is 2.76 bits per heavy atom. The Bertz CT molecular complexity index is 533. The fraction of sp³-hybridized carbons (Fsp3) is 0.462. The van der Waals surface area contributed by atoms with Crippen LogP contribution in [0.3, 0.4) is 0 Å². The second-order valence-electron chi connectivity index (χ2n) is 4.53. The minimum absolute atomic E-state index is 0.310. The molecule has 2 aromatic heterocycles. The van der Waals surface area contributed by atoms with E-state index >= 15 is 0 Å². The second-order valence-corrected chi connectivity index (χ2v) is 5.45. The van der Waals surface area contributed by atoms with Crippen molar-refractivity contribution in [3.8, 4) is 0 Å². The number of halogens is 1. The topological polar surface area (TPSA) is 37.5 Å². The molecule has 2 aromatic rings. The summed E-state index contributed by atoms with van der Waals surface area (Å²) in [6, 6.07) is 3.93. The molecular weight excluding hydrogens is 280 g/mol. The van der Waals surface area contributed by atoms with Crippen molar-refractivity contribution in [1.29, 1.82) is 0 Å². The third-order valence-electron chi connectivity index (χ3n) is 2.90. The molecule has 0 bridgehead atoms. The van der Waals surface area contributed by atoms with Gasteiger partial charge in [-0.25, -0.2) is 4.98 Å². The lowest BCUT2D eigenvalue weighted by Crippen LogP contribution is -2.04. The van der Waals surface area contributed by atoms with Gasteiger partial charge in [0.1, 0.15) is 5.65 Å². The molecule has 0 spiro atoms. The summed E-state index contributed by atoms with van der Waals surface area (Å²) in [5.41, 5.74) is 2.79. The van der Waals surface area contributed by atoms with E-state index in [0.29, 0.717) is 12.3 Å². The van der Waals surface area contributed by atoms with Gasteiger partial charge in [0.2, 0.25) is 0 Å². The number of nitrogens with zero attached hydrogens (tertiary/aromatic N) is 2. The van der Waals surface area contributed by atoms with Gasteiger partial charge in [0, 0.05) is 10.7 Å². The molecular formula is C13H17BrN2O. The minimum Gasteiger partial charge on any atom is -0.387 e. The predicted molar refractivity (Wildman–Crippen MR) is 72.2 cm³/mol. The van der Waals surface area contributed by atoms with E-state index in [1.165, 1.54) is 0 Å². The van der Waals surface area contributed by atoms with E-state index in [1.807, 2.05) is 29.7 Å². The van der Waals surface area contributed by atoms with Gasteiger partial charge < -0.3 is 9.51 Å². The average Bonchev–Trinajstić information content (AvgIpc) is 2.66. The van der Waals surface area contributed by atoms with Crippen molar-refractivity contribution < 1.29 is 5.11 Å². The molecule has 92 valence electrons. The van der Waals surface area contributed by atoms with Crippen molar-refractivity contribution in [3.63, 3.8) is 0 Å². The van der Waals surface area contributed by atoms with E-state index in [2.05, 4.69) is 34.8 Å². The predicted octanol–water partition coefficient (Wildman–Crippen LogP) is 3.66. The van der Waals surface area contributed by atoms with E-state index < -0.39 is 6.10 Å². The zero-order valence-electron chi connectivity index (χ0n) is 10.3. The highest BCUT2D eigenvalue weighted by atomic mass is 79.9. The number of fused-ring (bicyclic) bond motifs is 1. The average molecular weight is 297 g/mol. The number of pyridine rings is 1. The Morgan fingerprint density at radius 1 is 1.47 bits per heavy atom. The molecule has 1 N–H and O–H groups in total. The number of imidazole rings is 1. The molecule has 0 aliphatic carbocycles. The van der Waals surface area contributed by atoms with Gasteiger partial charge in [-0.3, -0.25) is 0 Å². The highest BCUT2D eigenvalue weighted by Gasteiger charge is 2.20. The Morgan fingerprint density at radius 2 is 2.18 bits per heavy atom. The first-order valence-corrected chi connectivity index (χ1v) is 6.69. The number of aromatic nitrogens is 2. The fourth-order valence-electron chi connectivity index (χ4n) is 2.01. The van der Waals surface area contributed by atoms with Crippen molar-refractivity contribution in [1.82, 2.24) is 9.38 Å². The smallest absolute Gasteiger partial charge is 0.138 e. The summed E-state index contributed by atoms with van der Waals surface area (Å²) in [5, 5.41) is 10.1. The maximum atomic E-state index is 10.1. The summed E-state index contributed by atoms with van der Waals surface area (Å²) in [6.07, 6.45) is 2.19. The molecule has 0 saturated carbocycles. The number of aliphatic hydroxyl groups excluding tert-OH is 1. The van der Waals surface area contributed by atoms with Crippen molar-refractivity contribution >= 4 is 21.6 Å². The summed E-state index contributed by atoms with van der Waals surface area (Å²) >= 11 is 3.44. The largest absolute Gasteiger partial charge is 0.387 e. The van der Waals surface area contributed by atoms with E-state index in [-0.39, 0.29) is 0 Å². The van der Waals surface area contributed by atoms with Gasteiger partial charge in [-0.1, -0.05) is 36.7 Å².